The molecule has 0 aliphatic heterocycles. The number of halogens is 15. The Kier molecular flexibility index (Phi) is 46.8. The van der Waals surface area contributed by atoms with E-state index in [1.54, 1.807) is 34.6 Å². The number of aliphatic hydroxyl groups is 1. The van der Waals surface area contributed by atoms with Crippen LogP contribution in [0.3, 0.4) is 0 Å². The van der Waals surface area contributed by atoms with E-state index >= 15 is 0 Å². The summed E-state index contributed by atoms with van der Waals surface area (Å²) in [5.74, 6) is 6.87. The molecule has 1 N–H and O–H groups in total. The Labute approximate surface area is 810 Å². The van der Waals surface area contributed by atoms with Crippen LogP contribution in [0.15, 0.2) is 170 Å². The fourth-order valence-electron chi connectivity index (χ4n) is 13.2. The number of nitriles is 2. The van der Waals surface area contributed by atoms with Gasteiger partial charge in [0.1, 0.15) is 81.7 Å². The van der Waals surface area contributed by atoms with Crippen molar-refractivity contribution in [1.29, 1.82) is 10.5 Å². The molecule has 4 aromatic heterocycles. The molecule has 10 aromatic rings. The van der Waals surface area contributed by atoms with Gasteiger partial charge in [-0.05, 0) is 174 Å². The Morgan fingerprint density at radius 3 is 1.14 bits per heavy atom. The minimum absolute atomic E-state index is 0.0397. The first-order chi connectivity index (χ1) is 58.2. The number of imidazole rings is 2. The van der Waals surface area contributed by atoms with Gasteiger partial charge in [0.05, 0.1) is 92.2 Å². The summed E-state index contributed by atoms with van der Waals surface area (Å²) >= 11 is 23.1. The summed E-state index contributed by atoms with van der Waals surface area (Å²) < 4.78 is 76.2. The SMILES string of the molecule is CC(C)N(C(C)C)P(Cl)OCCC#N.COc1ccc(C(OCc2nc3cnc(C4CC4)nc3n2CCO)(c2ccccc2)c2ccc(OC)cc2)cc1.COc1ccc(C(OCc2nc3cnc(C4CC4)nc3n2CCOP(OCCC#N)N(C(C)C)C(C)C)(c2ccccc2)c2ccc(OC)cc2)cc1.FI(I)I(I)I(I)I(I)I(I)I(I)I. The van der Waals surface area contributed by atoms with E-state index < -0.39 is 79.3 Å². The molecule has 662 valence electrons. The second kappa shape index (κ2) is 53.7. The maximum atomic E-state index is 13.5. The molecule has 39 heteroatoms. The van der Waals surface area contributed by atoms with Crippen LogP contribution in [-0.2, 0) is 60.6 Å². The third-order valence-electron chi connectivity index (χ3n) is 18.8. The van der Waals surface area contributed by atoms with E-state index in [1.807, 2.05) is 150 Å². The number of fused-ring (bicyclic) bond motifs is 2. The van der Waals surface area contributed by atoms with E-state index in [9.17, 15) is 13.2 Å². The summed E-state index contributed by atoms with van der Waals surface area (Å²) in [4.78, 5) is 29.0. The van der Waals surface area contributed by atoms with Gasteiger partial charge in [0.2, 0.25) is 7.65 Å². The molecule has 2 atom stereocenters. The fourth-order valence-corrected chi connectivity index (χ4v) is 1520. The van der Waals surface area contributed by atoms with Crippen molar-refractivity contribution < 1.29 is 50.0 Å². The standard InChI is InChI=1S/C41H49N6O5P.C32H32N4O4.C9H18ClN2OP.FI13/c1-29(2)47(30(3)4)53(51-25-10-23-42)52-26-24-46-38(44-37-27-43-39(31-13-14-31)45-40(37)46)28-50-41(32-11-8-7-9-12-32,33-15-19-35(48-5)20-16-33)34-17-21-36(49-6)22-18-34;1-38-26-14-10-24(11-15-26)32(23-6-4-3-5-7-23,25-12-16-27(39-2)17-13-25)40-21-29-34-28-20-33-30(22-8-9-22)35-31(28)36(29)18-19-37;1-8(2)12(9(3)4)14(10)13-7-5-6-11;1-9(2)11(5)13(7)14(8)12(6)10(3)4/h7-9,11-12,15-22,27,29-31H,10,13-14,24-26,28H2,1-6H3;3-7,10-17,20,22,37H,8-9,18-19,21H2,1-2H3;8-9H,5,7H2,1-4H3;. The van der Waals surface area contributed by atoms with Crippen molar-refractivity contribution in [3.63, 3.8) is 0 Å². The molecule has 2 aliphatic carbocycles. The van der Waals surface area contributed by atoms with Crippen molar-refractivity contribution in [3.8, 4) is 35.1 Å². The second-order valence-corrected chi connectivity index (χ2v) is 296. The molecule has 2 aliphatic rings. The molecular formula is C82H99ClFI13N12O10P2. The van der Waals surface area contributed by atoms with Crippen LogP contribution in [-0.4, -0.2) is 133 Å². The molecule has 0 bridgehead atoms. The minimum atomic E-state index is -1.87. The molecule has 2 saturated carbocycles. The molecule has 121 heavy (non-hydrogen) atoms. The predicted molar refractivity (Wildman–Crippen MR) is 601 cm³/mol. The van der Waals surface area contributed by atoms with Crippen molar-refractivity contribution in [2.75, 3.05) is 54.9 Å². The monoisotopic (exact) mass is 3180 g/mol. The number of hydrogen-bond acceptors (Lipinski definition) is 20. The molecular weight excluding hydrogens is 3080 g/mol. The molecule has 0 spiro atoms. The third kappa shape index (κ3) is 29.7. The number of aromatic nitrogens is 8. The van der Waals surface area contributed by atoms with Crippen LogP contribution in [0, 0.1) is 22.7 Å². The van der Waals surface area contributed by atoms with Crippen LogP contribution in [0.4, 0.5) is 2.86 Å². The summed E-state index contributed by atoms with van der Waals surface area (Å²) in [7, 11) is 0.841. The Hall–Kier alpha value is 0.850. The Balaban J connectivity index is 0.000000213. The van der Waals surface area contributed by atoms with Gasteiger partial charge in [-0.2, -0.15) is 10.5 Å². The fraction of sp³-hybridized carbons (Fsp3) is 0.415. The molecule has 22 nitrogen and oxygen atoms in total. The average molecular weight is 3180 g/mol. The first kappa shape index (κ1) is 106. The average Bonchev–Trinajstić information content (AvgIpc) is 1.71. The second-order valence-electron chi connectivity index (χ2n) is 28.0. The topological polar surface area (TPSA) is 245 Å². The number of aliphatic hydroxyl groups excluding tert-OH is 1. The molecule has 0 amide bonds. The van der Waals surface area contributed by atoms with Crippen LogP contribution in [0.5, 0.6) is 23.0 Å². The zero-order valence-corrected chi connectivity index (χ0v) is 99.2. The van der Waals surface area contributed by atoms with Gasteiger partial charge in [-0.25, -0.2) is 39.2 Å². The Morgan fingerprint density at radius 1 is 0.479 bits per heavy atom. The van der Waals surface area contributed by atoms with Gasteiger partial charge in [0.15, 0.2) is 11.3 Å². The molecule has 0 radical (unpaired) electrons. The van der Waals surface area contributed by atoms with E-state index in [0.29, 0.717) is 92.4 Å². The van der Waals surface area contributed by atoms with Gasteiger partial charge in [-0.1, -0.05) is 109 Å². The van der Waals surface area contributed by atoms with E-state index in [-0.39, 0.29) is 31.9 Å². The normalized spacial score (nSPS) is 14.1. The maximum absolute atomic E-state index is 13.5. The number of benzene rings is 6. The van der Waals surface area contributed by atoms with Gasteiger partial charge in [0.25, 0.3) is 8.53 Å². The van der Waals surface area contributed by atoms with E-state index in [4.69, 9.17) is 78.4 Å². The zero-order valence-electron chi connectivity index (χ0n) is 68.6. The molecule has 6 aromatic carbocycles. The van der Waals surface area contributed by atoms with Crippen LogP contribution in [0.2, 0.25) is 0 Å². The molecule has 2 fully saturated rings. The van der Waals surface area contributed by atoms with Crippen LogP contribution in [0.25, 0.3) is 22.3 Å². The van der Waals surface area contributed by atoms with Gasteiger partial charge >= 0.3 is 185 Å². The van der Waals surface area contributed by atoms with Crippen molar-refractivity contribution in [1.82, 2.24) is 48.4 Å². The number of methoxy groups -OCH3 is 4. The number of ether oxygens (including phenoxy) is 6. The number of nitrogens with zero attached hydrogens (tertiary/aromatic N) is 12. The van der Waals surface area contributed by atoms with E-state index in [2.05, 4.69) is 240 Å². The molecule has 4 heterocycles. The predicted octanol–water partition coefficient (Wildman–Crippen LogP) is 29.2. The van der Waals surface area contributed by atoms with Gasteiger partial charge in [-0.15, -0.1) is 0 Å². The quantitative estimate of drug-likeness (QED) is 0.0162. The van der Waals surface area contributed by atoms with Crippen molar-refractivity contribution in [2.45, 2.75) is 167 Å². The van der Waals surface area contributed by atoms with Crippen LogP contribution >= 0.6 is 210 Å². The van der Waals surface area contributed by atoms with Crippen molar-refractivity contribution in [3.05, 3.63) is 227 Å². The van der Waals surface area contributed by atoms with Crippen LogP contribution < -0.4 is 18.9 Å². The van der Waals surface area contributed by atoms with Gasteiger partial charge in [0, 0.05) is 49.1 Å². The van der Waals surface area contributed by atoms with Gasteiger partial charge in [-0.3, -0.25) is 0 Å². The first-order valence-corrected chi connectivity index (χ1v) is 118. The first-order valence-electron chi connectivity index (χ1n) is 38.3. The molecule has 2 unspecified atom stereocenters. The van der Waals surface area contributed by atoms with Crippen molar-refractivity contribution >= 4 is 232 Å². The summed E-state index contributed by atoms with van der Waals surface area (Å²) in [6, 6.07) is 57.6. The summed E-state index contributed by atoms with van der Waals surface area (Å²) in [6.45, 7) is 19.1. The summed E-state index contributed by atoms with van der Waals surface area (Å²) in [5.41, 5.74) is 6.52. The number of hydrogen-bond donors (Lipinski definition) is 1. The van der Waals surface area contributed by atoms with Crippen LogP contribution in [0.1, 0.15) is 162 Å². The van der Waals surface area contributed by atoms with E-state index in [1.165, 1.54) is 0 Å². The van der Waals surface area contributed by atoms with E-state index in [0.717, 1.165) is 105 Å². The number of rotatable bonds is 41. The third-order valence-corrected chi connectivity index (χ3v) is 779. The Morgan fingerprint density at radius 2 is 0.818 bits per heavy atom. The van der Waals surface area contributed by atoms with Crippen molar-refractivity contribution in [2.24, 2.45) is 0 Å². The summed E-state index contributed by atoms with van der Waals surface area (Å²) in [6.07, 6.45) is 8.70. The van der Waals surface area contributed by atoms with Gasteiger partial charge < -0.3 is 56.2 Å². The summed E-state index contributed by atoms with van der Waals surface area (Å²) in [5, 5.41) is 27.5. The molecule has 12 rings (SSSR count). The Bertz CT molecular complexity index is 4760. The zero-order chi connectivity index (χ0) is 87.5. The molecule has 0 saturated heterocycles.